The van der Waals surface area contributed by atoms with Crippen molar-refractivity contribution in [2.45, 2.75) is 26.7 Å². The fourth-order valence-corrected chi connectivity index (χ4v) is 4.18. The van der Waals surface area contributed by atoms with Gasteiger partial charge in [-0.1, -0.05) is 6.07 Å². The number of carbonyl (C=O) groups excluding carboxylic acids is 2. The molecule has 3 rings (SSSR count). The first-order chi connectivity index (χ1) is 13.1. The van der Waals surface area contributed by atoms with Crippen molar-refractivity contribution in [3.05, 3.63) is 46.7 Å². The van der Waals surface area contributed by atoms with Crippen LogP contribution in [0.3, 0.4) is 0 Å². The summed E-state index contributed by atoms with van der Waals surface area (Å²) < 4.78 is 0. The molecule has 1 aromatic heterocycles. The van der Waals surface area contributed by atoms with Gasteiger partial charge in [-0.25, -0.2) is 0 Å². The van der Waals surface area contributed by atoms with E-state index in [9.17, 15) is 9.59 Å². The molecule has 1 aliphatic rings. The molecule has 0 unspecified atom stereocenters. The highest BCUT2D eigenvalue weighted by Gasteiger charge is 2.28. The van der Waals surface area contributed by atoms with Crippen LogP contribution in [0.4, 0.5) is 11.4 Å². The molecular weight excluding hydrogens is 358 g/mol. The van der Waals surface area contributed by atoms with E-state index in [1.54, 1.807) is 0 Å². The minimum atomic E-state index is -0.0418. The second kappa shape index (κ2) is 9.04. The third-order valence-corrected chi connectivity index (χ3v) is 6.01. The Labute approximate surface area is 165 Å². The average molecular weight is 386 g/mol. The SMILES string of the molecule is CCN(CC)c1ccc(NC(=O)C2CCN(C(=O)c3cccs3)CC2)cc1. The van der Waals surface area contributed by atoms with Gasteiger partial charge in [0.05, 0.1) is 4.88 Å². The van der Waals surface area contributed by atoms with Gasteiger partial charge in [0.15, 0.2) is 0 Å². The Morgan fingerprint density at radius 2 is 1.78 bits per heavy atom. The number of benzene rings is 1. The van der Waals surface area contributed by atoms with Gasteiger partial charge in [0, 0.05) is 43.5 Å². The standard InChI is InChI=1S/C21H27N3O2S/c1-3-23(4-2)18-9-7-17(8-10-18)22-20(25)16-11-13-24(14-12-16)21(26)19-6-5-15-27-19/h5-10,15-16H,3-4,11-14H2,1-2H3,(H,22,25). The van der Waals surface area contributed by atoms with Crippen molar-refractivity contribution in [3.63, 3.8) is 0 Å². The van der Waals surface area contributed by atoms with Gasteiger partial charge in [-0.2, -0.15) is 0 Å². The lowest BCUT2D eigenvalue weighted by atomic mass is 9.95. The summed E-state index contributed by atoms with van der Waals surface area (Å²) in [5.41, 5.74) is 1.99. The maximum Gasteiger partial charge on any atom is 0.263 e. The molecule has 1 N–H and O–H groups in total. The zero-order valence-electron chi connectivity index (χ0n) is 16.0. The molecule has 2 aromatic rings. The molecule has 1 aliphatic heterocycles. The van der Waals surface area contributed by atoms with Crippen molar-refractivity contribution >= 4 is 34.5 Å². The molecule has 0 atom stereocenters. The molecule has 5 nitrogen and oxygen atoms in total. The number of amides is 2. The summed E-state index contributed by atoms with van der Waals surface area (Å²) in [6.45, 7) is 7.46. The second-order valence-electron chi connectivity index (χ2n) is 6.75. The Bertz CT molecular complexity index is 746. The van der Waals surface area contributed by atoms with Crippen LogP contribution >= 0.6 is 11.3 Å². The van der Waals surface area contributed by atoms with Gasteiger partial charge < -0.3 is 15.1 Å². The van der Waals surface area contributed by atoms with Crippen molar-refractivity contribution in [3.8, 4) is 0 Å². The molecule has 2 heterocycles. The van der Waals surface area contributed by atoms with Crippen LogP contribution in [0.15, 0.2) is 41.8 Å². The van der Waals surface area contributed by atoms with Crippen molar-refractivity contribution < 1.29 is 9.59 Å². The highest BCUT2D eigenvalue weighted by atomic mass is 32.1. The van der Waals surface area contributed by atoms with E-state index in [2.05, 4.69) is 24.1 Å². The Hall–Kier alpha value is -2.34. The maximum atomic E-state index is 12.6. The van der Waals surface area contributed by atoms with Crippen LogP contribution in [0.25, 0.3) is 0 Å². The average Bonchev–Trinajstić information content (AvgIpc) is 3.24. The minimum absolute atomic E-state index is 0.0418. The molecule has 2 amide bonds. The van der Waals surface area contributed by atoms with Gasteiger partial charge in [-0.15, -0.1) is 11.3 Å². The summed E-state index contributed by atoms with van der Waals surface area (Å²) in [5.74, 6) is 0.0875. The van der Waals surface area contributed by atoms with E-state index in [4.69, 9.17) is 0 Å². The van der Waals surface area contributed by atoms with E-state index in [0.29, 0.717) is 25.9 Å². The normalized spacial score (nSPS) is 14.8. The summed E-state index contributed by atoms with van der Waals surface area (Å²) in [5, 5.41) is 4.94. The van der Waals surface area contributed by atoms with E-state index in [1.165, 1.54) is 17.0 Å². The summed E-state index contributed by atoms with van der Waals surface area (Å²) in [7, 11) is 0. The number of nitrogens with one attached hydrogen (secondary N) is 1. The van der Waals surface area contributed by atoms with Crippen LogP contribution in [-0.2, 0) is 4.79 Å². The summed E-state index contributed by atoms with van der Waals surface area (Å²) in [4.78, 5) is 29.9. The minimum Gasteiger partial charge on any atom is -0.372 e. The first-order valence-electron chi connectivity index (χ1n) is 9.61. The number of rotatable bonds is 6. The van der Waals surface area contributed by atoms with Crippen molar-refractivity contribution in [1.29, 1.82) is 0 Å². The molecule has 1 fully saturated rings. The first kappa shape index (κ1) is 19.4. The number of hydrogen-bond acceptors (Lipinski definition) is 4. The van der Waals surface area contributed by atoms with Gasteiger partial charge in [0.1, 0.15) is 0 Å². The van der Waals surface area contributed by atoms with E-state index in [-0.39, 0.29) is 17.7 Å². The predicted molar refractivity (Wildman–Crippen MR) is 112 cm³/mol. The smallest absolute Gasteiger partial charge is 0.263 e. The largest absolute Gasteiger partial charge is 0.372 e. The molecule has 0 spiro atoms. The number of nitrogens with zero attached hydrogens (tertiary/aromatic N) is 2. The molecule has 6 heteroatoms. The molecular formula is C21H27N3O2S. The van der Waals surface area contributed by atoms with Gasteiger partial charge in [0.2, 0.25) is 5.91 Å². The van der Waals surface area contributed by atoms with E-state index in [1.807, 2.05) is 46.7 Å². The predicted octanol–water partition coefficient (Wildman–Crippen LogP) is 4.09. The van der Waals surface area contributed by atoms with Gasteiger partial charge in [-0.05, 0) is 62.4 Å². The Morgan fingerprint density at radius 3 is 2.33 bits per heavy atom. The van der Waals surface area contributed by atoms with Crippen LogP contribution in [0.1, 0.15) is 36.4 Å². The highest BCUT2D eigenvalue weighted by molar-refractivity contribution is 7.12. The quantitative estimate of drug-likeness (QED) is 0.815. The number of piperidine rings is 1. The molecule has 1 aromatic carbocycles. The highest BCUT2D eigenvalue weighted by Crippen LogP contribution is 2.23. The number of anilines is 2. The van der Waals surface area contributed by atoms with E-state index in [0.717, 1.165) is 23.7 Å². The lowest BCUT2D eigenvalue weighted by Crippen LogP contribution is -2.41. The van der Waals surface area contributed by atoms with Crippen LogP contribution in [0, 0.1) is 5.92 Å². The molecule has 144 valence electrons. The second-order valence-corrected chi connectivity index (χ2v) is 7.70. The topological polar surface area (TPSA) is 52.7 Å². The molecule has 0 saturated carbocycles. The fourth-order valence-electron chi connectivity index (χ4n) is 3.49. The summed E-state index contributed by atoms with van der Waals surface area (Å²) >= 11 is 1.47. The molecule has 0 radical (unpaired) electrons. The number of thiophene rings is 1. The first-order valence-corrected chi connectivity index (χ1v) is 10.5. The Kier molecular flexibility index (Phi) is 6.50. The molecule has 0 bridgehead atoms. The zero-order chi connectivity index (χ0) is 19.2. The fraction of sp³-hybridized carbons (Fsp3) is 0.429. The van der Waals surface area contributed by atoms with Crippen molar-refractivity contribution in [1.82, 2.24) is 4.90 Å². The Morgan fingerprint density at radius 1 is 1.11 bits per heavy atom. The third-order valence-electron chi connectivity index (χ3n) is 5.15. The van der Waals surface area contributed by atoms with Crippen LogP contribution in [0.5, 0.6) is 0 Å². The zero-order valence-corrected chi connectivity index (χ0v) is 16.8. The van der Waals surface area contributed by atoms with Gasteiger partial charge in [-0.3, -0.25) is 9.59 Å². The Balaban J connectivity index is 1.51. The molecule has 27 heavy (non-hydrogen) atoms. The summed E-state index contributed by atoms with van der Waals surface area (Å²) in [6, 6.07) is 11.8. The monoisotopic (exact) mass is 385 g/mol. The van der Waals surface area contributed by atoms with Crippen LogP contribution < -0.4 is 10.2 Å². The number of carbonyl (C=O) groups is 2. The number of hydrogen-bond donors (Lipinski definition) is 1. The van der Waals surface area contributed by atoms with Crippen molar-refractivity contribution in [2.75, 3.05) is 36.4 Å². The lowest BCUT2D eigenvalue weighted by Gasteiger charge is -2.31. The van der Waals surface area contributed by atoms with E-state index >= 15 is 0 Å². The molecule has 0 aliphatic carbocycles. The summed E-state index contributed by atoms with van der Waals surface area (Å²) in [6.07, 6.45) is 1.42. The third kappa shape index (κ3) is 4.69. The van der Waals surface area contributed by atoms with Gasteiger partial charge in [0.25, 0.3) is 5.91 Å². The van der Waals surface area contributed by atoms with Crippen LogP contribution in [0.2, 0.25) is 0 Å². The molecule has 1 saturated heterocycles. The number of likely N-dealkylation sites (tertiary alicyclic amines) is 1. The van der Waals surface area contributed by atoms with Crippen LogP contribution in [-0.4, -0.2) is 42.9 Å². The van der Waals surface area contributed by atoms with Gasteiger partial charge >= 0.3 is 0 Å². The van der Waals surface area contributed by atoms with E-state index < -0.39 is 0 Å². The lowest BCUT2D eigenvalue weighted by molar-refractivity contribution is -0.121. The maximum absolute atomic E-state index is 12.6. The van der Waals surface area contributed by atoms with Crippen molar-refractivity contribution in [2.24, 2.45) is 5.92 Å².